The van der Waals surface area contributed by atoms with E-state index in [1.165, 1.54) is 12.6 Å². The van der Waals surface area contributed by atoms with Crippen LogP contribution in [0.2, 0.25) is 0 Å². The second-order valence-electron chi connectivity index (χ2n) is 5.96. The van der Waals surface area contributed by atoms with Gasteiger partial charge >= 0.3 is 0 Å². The lowest BCUT2D eigenvalue weighted by Crippen LogP contribution is -2.22. The third-order valence-electron chi connectivity index (χ3n) is 3.76. The highest BCUT2D eigenvalue weighted by Crippen LogP contribution is 2.18. The molecule has 0 saturated carbocycles. The van der Waals surface area contributed by atoms with Gasteiger partial charge in [-0.1, -0.05) is 38.1 Å². The second-order valence-corrected chi connectivity index (χ2v) is 7.84. The number of aliphatic imine (C=N–C) groups is 1. The molecule has 0 aliphatic carbocycles. The third kappa shape index (κ3) is 5.30. The van der Waals surface area contributed by atoms with Crippen molar-refractivity contribution in [2.24, 2.45) is 10.7 Å². The van der Waals surface area contributed by atoms with E-state index < -0.39 is 10.0 Å². The molecule has 0 fully saturated rings. The van der Waals surface area contributed by atoms with Crippen molar-refractivity contribution < 1.29 is 8.42 Å². The number of benzene rings is 2. The van der Waals surface area contributed by atoms with Crippen LogP contribution in [0.5, 0.6) is 0 Å². The van der Waals surface area contributed by atoms with Gasteiger partial charge in [0.15, 0.2) is 5.96 Å². The molecular weight excluding hydrogens is 336 g/mol. The van der Waals surface area contributed by atoms with E-state index >= 15 is 0 Å². The summed E-state index contributed by atoms with van der Waals surface area (Å²) >= 11 is 0. The summed E-state index contributed by atoms with van der Waals surface area (Å²) in [7, 11) is -2.04. The van der Waals surface area contributed by atoms with Gasteiger partial charge in [-0.3, -0.25) is 0 Å². The number of nitrogens with one attached hydrogen (secondary N) is 2. The minimum atomic E-state index is -3.42. The van der Waals surface area contributed by atoms with Crippen molar-refractivity contribution in [2.75, 3.05) is 12.4 Å². The van der Waals surface area contributed by atoms with Gasteiger partial charge in [0.05, 0.1) is 11.4 Å². The summed E-state index contributed by atoms with van der Waals surface area (Å²) in [6, 6.07) is 14.6. The van der Waals surface area contributed by atoms with Crippen LogP contribution in [0.25, 0.3) is 0 Å². The fraction of sp³-hybridized carbons (Fsp3) is 0.278. The molecule has 6 nitrogen and oxygen atoms in total. The minimum absolute atomic E-state index is 0.222. The SMILES string of the molecule is CNS(=O)(=O)c1ccc(CN=C(N)Nc2cccc(C(C)C)c2)cc1. The number of sulfonamides is 1. The van der Waals surface area contributed by atoms with E-state index in [9.17, 15) is 8.42 Å². The van der Waals surface area contributed by atoms with Crippen molar-refractivity contribution in [1.29, 1.82) is 0 Å². The molecule has 2 aromatic carbocycles. The molecular formula is C18H24N4O2S. The number of rotatable bonds is 6. The summed E-state index contributed by atoms with van der Waals surface area (Å²) in [4.78, 5) is 4.52. The van der Waals surface area contributed by atoms with Gasteiger partial charge in [-0.2, -0.15) is 0 Å². The number of hydrogen-bond acceptors (Lipinski definition) is 3. The quantitative estimate of drug-likeness (QED) is 0.545. The highest BCUT2D eigenvalue weighted by Gasteiger charge is 2.10. The minimum Gasteiger partial charge on any atom is -0.370 e. The van der Waals surface area contributed by atoms with Crippen LogP contribution < -0.4 is 15.8 Å². The summed E-state index contributed by atoms with van der Waals surface area (Å²) < 4.78 is 25.7. The van der Waals surface area contributed by atoms with E-state index in [-0.39, 0.29) is 4.90 Å². The maximum atomic E-state index is 11.7. The number of nitrogens with zero attached hydrogens (tertiary/aromatic N) is 1. The summed E-state index contributed by atoms with van der Waals surface area (Å²) in [5.41, 5.74) is 8.92. The van der Waals surface area contributed by atoms with E-state index in [2.05, 4.69) is 34.9 Å². The Bertz CT molecular complexity index is 844. The van der Waals surface area contributed by atoms with Crippen LogP contribution in [0.4, 0.5) is 5.69 Å². The average Bonchev–Trinajstić information content (AvgIpc) is 2.60. The Morgan fingerprint density at radius 2 is 1.84 bits per heavy atom. The molecule has 0 bridgehead atoms. The zero-order valence-corrected chi connectivity index (χ0v) is 15.5. The zero-order valence-electron chi connectivity index (χ0n) is 14.7. The van der Waals surface area contributed by atoms with E-state index in [1.807, 2.05) is 18.2 Å². The van der Waals surface area contributed by atoms with E-state index in [0.29, 0.717) is 18.4 Å². The Balaban J connectivity index is 2.03. The molecule has 0 aliphatic rings. The summed E-state index contributed by atoms with van der Waals surface area (Å²) in [5.74, 6) is 0.750. The fourth-order valence-corrected chi connectivity index (χ4v) is 2.96. The lowest BCUT2D eigenvalue weighted by molar-refractivity contribution is 0.588. The standard InChI is InChI=1S/C18H24N4O2S/c1-13(2)15-5-4-6-16(11-15)22-18(19)21-12-14-7-9-17(10-8-14)25(23,24)20-3/h4-11,13,20H,12H2,1-3H3,(H3,19,21,22). The van der Waals surface area contributed by atoms with E-state index in [1.54, 1.807) is 24.3 Å². The molecule has 0 aromatic heterocycles. The van der Waals surface area contributed by atoms with Gasteiger partial charge in [0.1, 0.15) is 0 Å². The molecule has 0 saturated heterocycles. The lowest BCUT2D eigenvalue weighted by Gasteiger charge is -2.10. The van der Waals surface area contributed by atoms with Crippen molar-refractivity contribution >= 4 is 21.7 Å². The Labute approximate surface area is 149 Å². The first-order chi connectivity index (χ1) is 11.8. The molecule has 7 heteroatoms. The monoisotopic (exact) mass is 360 g/mol. The van der Waals surface area contributed by atoms with Gasteiger partial charge in [0.2, 0.25) is 10.0 Å². The van der Waals surface area contributed by atoms with Crippen molar-refractivity contribution in [2.45, 2.75) is 31.2 Å². The van der Waals surface area contributed by atoms with Crippen molar-refractivity contribution in [3.63, 3.8) is 0 Å². The smallest absolute Gasteiger partial charge is 0.240 e. The van der Waals surface area contributed by atoms with Crippen LogP contribution in [-0.2, 0) is 16.6 Å². The predicted molar refractivity (Wildman–Crippen MR) is 102 cm³/mol. The molecule has 2 rings (SSSR count). The van der Waals surface area contributed by atoms with Crippen LogP contribution in [0.1, 0.15) is 30.9 Å². The summed E-state index contributed by atoms with van der Waals surface area (Å²) in [5, 5.41) is 3.07. The molecule has 0 atom stereocenters. The van der Waals surface area contributed by atoms with Gasteiger partial charge in [0, 0.05) is 5.69 Å². The van der Waals surface area contributed by atoms with Crippen LogP contribution in [-0.4, -0.2) is 21.4 Å². The Hall–Kier alpha value is -2.38. The largest absolute Gasteiger partial charge is 0.370 e. The van der Waals surface area contributed by atoms with Gasteiger partial charge in [-0.05, 0) is 48.4 Å². The number of guanidine groups is 1. The molecule has 134 valence electrons. The van der Waals surface area contributed by atoms with Gasteiger partial charge < -0.3 is 11.1 Å². The fourth-order valence-electron chi connectivity index (χ4n) is 2.23. The molecule has 2 aromatic rings. The van der Waals surface area contributed by atoms with Gasteiger partial charge in [-0.25, -0.2) is 18.1 Å². The van der Waals surface area contributed by atoms with E-state index in [4.69, 9.17) is 5.73 Å². The highest BCUT2D eigenvalue weighted by molar-refractivity contribution is 7.89. The molecule has 4 N–H and O–H groups in total. The summed E-state index contributed by atoms with van der Waals surface area (Å²) in [6.45, 7) is 4.63. The molecule has 0 spiro atoms. The first kappa shape index (κ1) is 19.0. The highest BCUT2D eigenvalue weighted by atomic mass is 32.2. The maximum Gasteiger partial charge on any atom is 0.240 e. The molecule has 0 heterocycles. The third-order valence-corrected chi connectivity index (χ3v) is 5.19. The number of hydrogen-bond donors (Lipinski definition) is 3. The molecule has 0 aliphatic heterocycles. The molecule has 0 amide bonds. The molecule has 0 radical (unpaired) electrons. The first-order valence-corrected chi connectivity index (χ1v) is 9.49. The second kappa shape index (κ2) is 8.13. The van der Waals surface area contributed by atoms with Crippen molar-refractivity contribution in [1.82, 2.24) is 4.72 Å². The van der Waals surface area contributed by atoms with E-state index in [0.717, 1.165) is 11.3 Å². The first-order valence-electron chi connectivity index (χ1n) is 8.01. The molecule has 0 unspecified atom stereocenters. The van der Waals surface area contributed by atoms with Crippen LogP contribution >= 0.6 is 0 Å². The predicted octanol–water partition coefficient (Wildman–Crippen LogP) is 2.64. The lowest BCUT2D eigenvalue weighted by atomic mass is 10.0. The van der Waals surface area contributed by atoms with Crippen LogP contribution in [0.3, 0.4) is 0 Å². The Morgan fingerprint density at radius 1 is 1.16 bits per heavy atom. The number of nitrogens with two attached hydrogens (primary N) is 1. The Morgan fingerprint density at radius 3 is 2.44 bits per heavy atom. The van der Waals surface area contributed by atoms with Crippen molar-refractivity contribution in [3.8, 4) is 0 Å². The zero-order chi connectivity index (χ0) is 18.4. The molecule has 25 heavy (non-hydrogen) atoms. The average molecular weight is 360 g/mol. The Kier molecular flexibility index (Phi) is 6.17. The maximum absolute atomic E-state index is 11.7. The van der Waals surface area contributed by atoms with Crippen molar-refractivity contribution in [3.05, 3.63) is 59.7 Å². The normalized spacial score (nSPS) is 12.4. The van der Waals surface area contributed by atoms with Gasteiger partial charge in [0.25, 0.3) is 0 Å². The van der Waals surface area contributed by atoms with Gasteiger partial charge in [-0.15, -0.1) is 0 Å². The number of anilines is 1. The summed E-state index contributed by atoms with van der Waals surface area (Å²) in [6.07, 6.45) is 0. The van der Waals surface area contributed by atoms with Crippen LogP contribution in [0.15, 0.2) is 58.4 Å². The van der Waals surface area contributed by atoms with Crippen LogP contribution in [0, 0.1) is 0 Å². The topological polar surface area (TPSA) is 96.6 Å².